The molecule has 0 heterocycles. The van der Waals surface area contributed by atoms with Crippen molar-refractivity contribution in [3.63, 3.8) is 0 Å². The first-order chi connectivity index (χ1) is 6.72. The van der Waals surface area contributed by atoms with Gasteiger partial charge >= 0.3 is 0 Å². The summed E-state index contributed by atoms with van der Waals surface area (Å²) in [6.45, 7) is 0. The van der Waals surface area contributed by atoms with Gasteiger partial charge in [-0.3, -0.25) is 4.79 Å². The molecule has 3 nitrogen and oxygen atoms in total. The Morgan fingerprint density at radius 3 is 2.86 bits per heavy atom. The molecular formula is C11H9NO2. The Kier molecular flexibility index (Phi) is 1.97. The van der Waals surface area contributed by atoms with Crippen molar-refractivity contribution in [2.24, 2.45) is 0 Å². The van der Waals surface area contributed by atoms with Gasteiger partial charge in [-0.1, -0.05) is 0 Å². The summed E-state index contributed by atoms with van der Waals surface area (Å²) in [6.07, 6.45) is 2.08. The van der Waals surface area contributed by atoms with E-state index in [0.717, 1.165) is 18.4 Å². The van der Waals surface area contributed by atoms with E-state index < -0.39 is 0 Å². The van der Waals surface area contributed by atoms with E-state index in [1.54, 1.807) is 6.07 Å². The zero-order chi connectivity index (χ0) is 10.1. The number of nitrogens with zero attached hydrogens (tertiary/aromatic N) is 1. The molecule has 0 unspecified atom stereocenters. The number of fused-ring (bicyclic) bond motifs is 1. The van der Waals surface area contributed by atoms with Gasteiger partial charge in [0.2, 0.25) is 0 Å². The van der Waals surface area contributed by atoms with Crippen LogP contribution in [0.25, 0.3) is 0 Å². The van der Waals surface area contributed by atoms with Gasteiger partial charge in [-0.05, 0) is 30.5 Å². The van der Waals surface area contributed by atoms with Crippen LogP contribution >= 0.6 is 0 Å². The molecule has 3 heteroatoms. The van der Waals surface area contributed by atoms with Gasteiger partial charge in [0.05, 0.1) is 5.56 Å². The number of aryl methyl sites for hydroxylation is 1. The molecule has 1 aliphatic rings. The average molecular weight is 187 g/mol. The summed E-state index contributed by atoms with van der Waals surface area (Å²) < 4.78 is 0. The fourth-order valence-electron chi connectivity index (χ4n) is 1.86. The molecule has 0 bridgehead atoms. The van der Waals surface area contributed by atoms with Crippen LogP contribution < -0.4 is 0 Å². The van der Waals surface area contributed by atoms with Crippen molar-refractivity contribution in [1.82, 2.24) is 0 Å². The molecule has 1 aliphatic carbocycles. The minimum absolute atomic E-state index is 0.0165. The molecule has 0 aromatic heterocycles. The molecule has 0 fully saturated rings. The molecule has 0 amide bonds. The Morgan fingerprint density at radius 2 is 2.14 bits per heavy atom. The Balaban J connectivity index is 2.69. The molecule has 14 heavy (non-hydrogen) atoms. The van der Waals surface area contributed by atoms with Gasteiger partial charge in [0.1, 0.15) is 11.8 Å². The third-order valence-electron chi connectivity index (χ3n) is 2.45. The van der Waals surface area contributed by atoms with Crippen molar-refractivity contribution >= 4 is 5.78 Å². The summed E-state index contributed by atoms with van der Waals surface area (Å²) in [4.78, 5) is 11.5. The van der Waals surface area contributed by atoms with Gasteiger partial charge in [0, 0.05) is 12.0 Å². The highest BCUT2D eigenvalue weighted by atomic mass is 16.3. The maximum absolute atomic E-state index is 11.5. The predicted molar refractivity (Wildman–Crippen MR) is 50.1 cm³/mol. The molecule has 0 saturated heterocycles. The van der Waals surface area contributed by atoms with Crippen LogP contribution in [0.15, 0.2) is 12.1 Å². The first kappa shape index (κ1) is 8.76. The van der Waals surface area contributed by atoms with E-state index >= 15 is 0 Å². The molecule has 0 spiro atoms. The topological polar surface area (TPSA) is 61.1 Å². The van der Waals surface area contributed by atoms with E-state index in [1.165, 1.54) is 6.07 Å². The van der Waals surface area contributed by atoms with Crippen LogP contribution in [-0.4, -0.2) is 10.9 Å². The molecule has 70 valence electrons. The van der Waals surface area contributed by atoms with E-state index in [-0.39, 0.29) is 11.5 Å². The highest BCUT2D eigenvalue weighted by Gasteiger charge is 2.21. The van der Waals surface area contributed by atoms with E-state index in [1.807, 2.05) is 6.07 Å². The summed E-state index contributed by atoms with van der Waals surface area (Å²) in [6, 6.07) is 4.87. The number of carbonyl (C=O) groups excluding carboxylic acids is 1. The van der Waals surface area contributed by atoms with Gasteiger partial charge in [0.25, 0.3) is 0 Å². The number of aromatic hydroxyl groups is 1. The van der Waals surface area contributed by atoms with Crippen molar-refractivity contribution in [2.75, 3.05) is 0 Å². The van der Waals surface area contributed by atoms with Crippen molar-refractivity contribution in [3.8, 4) is 11.8 Å². The minimum atomic E-state index is 0.0165. The van der Waals surface area contributed by atoms with Crippen LogP contribution in [0.2, 0.25) is 0 Å². The van der Waals surface area contributed by atoms with Crippen LogP contribution in [-0.2, 0) is 6.42 Å². The molecule has 2 rings (SSSR count). The molecule has 0 atom stereocenters. The van der Waals surface area contributed by atoms with Crippen molar-refractivity contribution in [2.45, 2.75) is 19.3 Å². The van der Waals surface area contributed by atoms with E-state index in [9.17, 15) is 9.90 Å². The number of rotatable bonds is 0. The highest BCUT2D eigenvalue weighted by Crippen LogP contribution is 2.28. The number of hydrogen-bond acceptors (Lipinski definition) is 3. The quantitative estimate of drug-likeness (QED) is 0.673. The van der Waals surface area contributed by atoms with Crippen LogP contribution in [0, 0.1) is 11.3 Å². The first-order valence-electron chi connectivity index (χ1n) is 4.51. The molecule has 1 aromatic rings. The summed E-state index contributed by atoms with van der Waals surface area (Å²) >= 11 is 0. The largest absolute Gasteiger partial charge is 0.508 e. The maximum Gasteiger partial charge on any atom is 0.164 e. The fourth-order valence-corrected chi connectivity index (χ4v) is 1.86. The van der Waals surface area contributed by atoms with E-state index in [0.29, 0.717) is 17.5 Å². The van der Waals surface area contributed by atoms with Crippen LogP contribution in [0.5, 0.6) is 5.75 Å². The lowest BCUT2D eigenvalue weighted by atomic mass is 9.87. The number of phenolic OH excluding ortho intramolecular Hbond substituents is 1. The van der Waals surface area contributed by atoms with Gasteiger partial charge in [-0.15, -0.1) is 0 Å². The standard InChI is InChI=1S/C11H9NO2/c12-6-8-5-9(13)4-7-2-1-3-10(14)11(7)8/h4-5,13H,1-3H2. The number of nitriles is 1. The zero-order valence-corrected chi connectivity index (χ0v) is 7.58. The van der Waals surface area contributed by atoms with Gasteiger partial charge in [-0.25, -0.2) is 0 Å². The Labute approximate surface area is 81.6 Å². The second-order valence-electron chi connectivity index (χ2n) is 3.42. The number of phenols is 1. The summed E-state index contributed by atoms with van der Waals surface area (Å²) in [5, 5.41) is 18.1. The predicted octanol–water partition coefficient (Wildman–Crippen LogP) is 1.78. The minimum Gasteiger partial charge on any atom is -0.508 e. The highest BCUT2D eigenvalue weighted by molar-refractivity contribution is 6.00. The smallest absolute Gasteiger partial charge is 0.164 e. The molecule has 1 N–H and O–H groups in total. The first-order valence-corrected chi connectivity index (χ1v) is 4.51. The third-order valence-corrected chi connectivity index (χ3v) is 2.45. The SMILES string of the molecule is N#Cc1cc(O)cc2c1C(=O)CCC2. The molecule has 0 aliphatic heterocycles. The number of carbonyl (C=O) groups is 1. The molecule has 0 saturated carbocycles. The summed E-state index contributed by atoms with van der Waals surface area (Å²) in [7, 11) is 0. The van der Waals surface area contributed by atoms with E-state index in [2.05, 4.69) is 0 Å². The zero-order valence-electron chi connectivity index (χ0n) is 7.58. The van der Waals surface area contributed by atoms with Crippen molar-refractivity contribution < 1.29 is 9.90 Å². The maximum atomic E-state index is 11.5. The van der Waals surface area contributed by atoms with Gasteiger partial charge in [0.15, 0.2) is 5.78 Å². The molecular weight excluding hydrogens is 178 g/mol. The Hall–Kier alpha value is -1.82. The lowest BCUT2D eigenvalue weighted by Crippen LogP contribution is -2.12. The van der Waals surface area contributed by atoms with Gasteiger partial charge < -0.3 is 5.11 Å². The number of Topliss-reactive ketones (excluding diaryl/α,β-unsaturated/α-hetero) is 1. The van der Waals surface area contributed by atoms with Gasteiger partial charge in [-0.2, -0.15) is 5.26 Å². The summed E-state index contributed by atoms with van der Waals surface area (Å²) in [5.41, 5.74) is 1.61. The van der Waals surface area contributed by atoms with E-state index in [4.69, 9.17) is 5.26 Å². The number of hydrogen-bond donors (Lipinski definition) is 1. The Bertz CT molecular complexity index is 443. The van der Waals surface area contributed by atoms with Crippen molar-refractivity contribution in [1.29, 1.82) is 5.26 Å². The second-order valence-corrected chi connectivity index (χ2v) is 3.42. The number of benzene rings is 1. The van der Waals surface area contributed by atoms with Crippen LogP contribution in [0.3, 0.4) is 0 Å². The normalized spacial score (nSPS) is 14.6. The lowest BCUT2D eigenvalue weighted by Gasteiger charge is -2.15. The average Bonchev–Trinajstić information content (AvgIpc) is 2.16. The van der Waals surface area contributed by atoms with Crippen LogP contribution in [0.4, 0.5) is 0 Å². The fraction of sp³-hybridized carbons (Fsp3) is 0.273. The lowest BCUT2D eigenvalue weighted by molar-refractivity contribution is 0.0972. The van der Waals surface area contributed by atoms with Crippen LogP contribution in [0.1, 0.15) is 34.3 Å². The second kappa shape index (κ2) is 3.15. The molecule has 0 radical (unpaired) electrons. The monoisotopic (exact) mass is 187 g/mol. The molecule has 1 aromatic carbocycles. The third kappa shape index (κ3) is 1.25. The number of ketones is 1. The van der Waals surface area contributed by atoms with Crippen molar-refractivity contribution in [3.05, 3.63) is 28.8 Å². The summed E-state index contributed by atoms with van der Waals surface area (Å²) in [5.74, 6) is 0.0813. The Morgan fingerprint density at radius 1 is 1.36 bits per heavy atom.